The van der Waals surface area contributed by atoms with E-state index in [1.165, 1.54) is 11.3 Å². The number of thiocarbonyl (C=S) groups is 1. The minimum absolute atomic E-state index is 0.107. The Balaban J connectivity index is 1.97. The number of hydrogen-bond donors (Lipinski definition) is 2. The summed E-state index contributed by atoms with van der Waals surface area (Å²) in [6, 6.07) is 2.68. The maximum atomic E-state index is 12.2. The van der Waals surface area contributed by atoms with Gasteiger partial charge in [-0.2, -0.15) is 0 Å². The van der Waals surface area contributed by atoms with Crippen molar-refractivity contribution in [1.29, 1.82) is 0 Å². The number of carbonyl (C=O) groups excluding carboxylic acids is 3. The smallest absolute Gasteiger partial charge is 0.308 e. The van der Waals surface area contributed by atoms with Crippen molar-refractivity contribution in [2.75, 3.05) is 19.7 Å². The second-order valence-corrected chi connectivity index (χ2v) is 6.85. The van der Waals surface area contributed by atoms with Gasteiger partial charge in [-0.25, -0.2) is 0 Å². The van der Waals surface area contributed by atoms with Gasteiger partial charge >= 0.3 is 5.97 Å². The van der Waals surface area contributed by atoms with E-state index in [1.54, 1.807) is 22.4 Å². The first kappa shape index (κ1) is 19.3. The second-order valence-electron chi connectivity index (χ2n) is 5.51. The van der Waals surface area contributed by atoms with Crippen molar-refractivity contribution in [3.63, 3.8) is 0 Å². The minimum Gasteiger partial charge on any atom is -0.466 e. The van der Waals surface area contributed by atoms with Gasteiger partial charge < -0.3 is 15.0 Å². The van der Waals surface area contributed by atoms with Crippen molar-refractivity contribution < 1.29 is 19.1 Å². The first-order chi connectivity index (χ1) is 12.0. The van der Waals surface area contributed by atoms with Crippen LogP contribution in [0.3, 0.4) is 0 Å². The largest absolute Gasteiger partial charge is 0.466 e. The Morgan fingerprint density at radius 3 is 3.00 bits per heavy atom. The number of nitrogens with zero attached hydrogens (tertiary/aromatic N) is 1. The lowest BCUT2D eigenvalue weighted by Crippen LogP contribution is -2.60. The van der Waals surface area contributed by atoms with Crippen LogP contribution in [0.5, 0.6) is 0 Å². The molecule has 0 spiro atoms. The molecule has 0 radical (unpaired) electrons. The number of nitrogens with one attached hydrogen (secondary N) is 2. The number of ether oxygens (including phenoxy) is 1. The molecule has 136 valence electrons. The van der Waals surface area contributed by atoms with E-state index in [1.807, 2.05) is 6.92 Å². The molecule has 0 unspecified atom stereocenters. The van der Waals surface area contributed by atoms with Crippen LogP contribution in [-0.4, -0.2) is 53.5 Å². The molecule has 2 N–H and O–H groups in total. The highest BCUT2D eigenvalue weighted by Gasteiger charge is 2.34. The number of thiophene rings is 1. The van der Waals surface area contributed by atoms with Gasteiger partial charge in [-0.1, -0.05) is 19.4 Å². The molecule has 0 saturated carbocycles. The van der Waals surface area contributed by atoms with Gasteiger partial charge in [-0.05, 0) is 30.1 Å². The van der Waals surface area contributed by atoms with Gasteiger partial charge in [0.15, 0.2) is 5.11 Å². The first-order valence-electron chi connectivity index (χ1n) is 8.11. The Morgan fingerprint density at radius 2 is 2.32 bits per heavy atom. The molecule has 0 bridgehead atoms. The Kier molecular flexibility index (Phi) is 7.32. The molecule has 1 atom stereocenters. The topological polar surface area (TPSA) is 87.7 Å². The molecule has 1 aromatic heterocycles. The molecule has 2 amide bonds. The predicted molar refractivity (Wildman–Crippen MR) is 98.4 cm³/mol. The van der Waals surface area contributed by atoms with E-state index < -0.39 is 12.0 Å². The Hall–Kier alpha value is -2.00. The van der Waals surface area contributed by atoms with Crippen LogP contribution in [0.25, 0.3) is 0 Å². The van der Waals surface area contributed by atoms with E-state index in [0.717, 1.165) is 12.8 Å². The molecule has 1 saturated heterocycles. The van der Waals surface area contributed by atoms with Crippen molar-refractivity contribution in [3.05, 3.63) is 22.4 Å². The van der Waals surface area contributed by atoms with E-state index >= 15 is 0 Å². The second kappa shape index (κ2) is 9.47. The summed E-state index contributed by atoms with van der Waals surface area (Å²) >= 11 is 6.58. The summed E-state index contributed by atoms with van der Waals surface area (Å²) in [5.74, 6) is -1.07. The number of piperazine rings is 1. The van der Waals surface area contributed by atoms with E-state index in [0.29, 0.717) is 24.6 Å². The number of esters is 1. The summed E-state index contributed by atoms with van der Waals surface area (Å²) in [6.45, 7) is 3.15. The summed E-state index contributed by atoms with van der Waals surface area (Å²) in [5, 5.41) is 7.27. The SMILES string of the molecule is CCCCOC(=O)C[C@@H]1C(=O)NCCN1C(=S)NC(=O)c1cccs1. The summed E-state index contributed by atoms with van der Waals surface area (Å²) < 4.78 is 5.13. The van der Waals surface area contributed by atoms with Crippen LogP contribution in [0.2, 0.25) is 0 Å². The van der Waals surface area contributed by atoms with Crippen LogP contribution in [0.4, 0.5) is 0 Å². The van der Waals surface area contributed by atoms with Gasteiger partial charge in [0.1, 0.15) is 6.04 Å². The summed E-state index contributed by atoms with van der Waals surface area (Å²) in [4.78, 5) is 38.3. The third kappa shape index (κ3) is 5.50. The van der Waals surface area contributed by atoms with E-state index in [4.69, 9.17) is 17.0 Å². The first-order valence-corrected chi connectivity index (χ1v) is 9.40. The maximum Gasteiger partial charge on any atom is 0.308 e. The van der Waals surface area contributed by atoms with Crippen LogP contribution < -0.4 is 10.6 Å². The lowest BCUT2D eigenvalue weighted by atomic mass is 10.1. The monoisotopic (exact) mass is 383 g/mol. The zero-order chi connectivity index (χ0) is 18.2. The maximum absolute atomic E-state index is 12.2. The summed E-state index contributed by atoms with van der Waals surface area (Å²) in [7, 11) is 0. The van der Waals surface area contributed by atoms with Crippen LogP contribution in [-0.2, 0) is 14.3 Å². The zero-order valence-electron chi connectivity index (χ0n) is 13.9. The number of unbranched alkanes of at least 4 members (excludes halogenated alkanes) is 1. The molecule has 2 heterocycles. The van der Waals surface area contributed by atoms with Gasteiger partial charge in [-0.15, -0.1) is 11.3 Å². The zero-order valence-corrected chi connectivity index (χ0v) is 15.6. The fraction of sp³-hybridized carbons (Fsp3) is 0.500. The molecular formula is C16H21N3O4S2. The molecule has 1 aliphatic heterocycles. The van der Waals surface area contributed by atoms with E-state index in [-0.39, 0.29) is 23.3 Å². The molecule has 2 rings (SSSR count). The molecule has 9 heteroatoms. The fourth-order valence-electron chi connectivity index (χ4n) is 2.35. The van der Waals surface area contributed by atoms with Crippen molar-refractivity contribution >= 4 is 46.5 Å². The number of rotatable bonds is 6. The molecule has 25 heavy (non-hydrogen) atoms. The van der Waals surface area contributed by atoms with Crippen LogP contribution >= 0.6 is 23.6 Å². The van der Waals surface area contributed by atoms with Gasteiger partial charge in [0.25, 0.3) is 5.91 Å². The van der Waals surface area contributed by atoms with E-state index in [9.17, 15) is 14.4 Å². The Labute approximate surface area is 155 Å². The highest BCUT2D eigenvalue weighted by atomic mass is 32.1. The highest BCUT2D eigenvalue weighted by molar-refractivity contribution is 7.80. The number of hydrogen-bond acceptors (Lipinski definition) is 6. The number of amides is 2. The molecule has 0 aliphatic carbocycles. The third-order valence-corrected chi connectivity index (χ3v) is 4.88. The predicted octanol–water partition coefficient (Wildman–Crippen LogP) is 1.30. The average molecular weight is 383 g/mol. The van der Waals surface area contributed by atoms with Gasteiger partial charge in [-0.3, -0.25) is 19.7 Å². The van der Waals surface area contributed by atoms with Crippen molar-refractivity contribution in [1.82, 2.24) is 15.5 Å². The van der Waals surface area contributed by atoms with Gasteiger partial charge in [0.2, 0.25) is 5.91 Å². The lowest BCUT2D eigenvalue weighted by molar-refractivity contribution is -0.147. The average Bonchev–Trinajstić information content (AvgIpc) is 3.11. The third-order valence-electron chi connectivity index (χ3n) is 3.68. The van der Waals surface area contributed by atoms with Gasteiger partial charge in [0.05, 0.1) is 17.9 Å². The molecule has 1 aliphatic rings. The highest BCUT2D eigenvalue weighted by Crippen LogP contribution is 2.12. The lowest BCUT2D eigenvalue weighted by Gasteiger charge is -2.36. The number of carbonyl (C=O) groups is 3. The molecule has 7 nitrogen and oxygen atoms in total. The van der Waals surface area contributed by atoms with Crippen molar-refractivity contribution in [3.8, 4) is 0 Å². The minimum atomic E-state index is -0.779. The van der Waals surface area contributed by atoms with E-state index in [2.05, 4.69) is 10.6 Å². The molecular weight excluding hydrogens is 362 g/mol. The molecule has 1 aromatic rings. The Morgan fingerprint density at radius 1 is 1.52 bits per heavy atom. The molecule has 0 aromatic carbocycles. The Bertz CT molecular complexity index is 633. The molecule has 1 fully saturated rings. The summed E-state index contributed by atoms with van der Waals surface area (Å²) in [5.41, 5.74) is 0. The van der Waals surface area contributed by atoms with Crippen LogP contribution in [0.1, 0.15) is 35.9 Å². The van der Waals surface area contributed by atoms with Gasteiger partial charge in [0, 0.05) is 13.1 Å². The van der Waals surface area contributed by atoms with Crippen LogP contribution in [0, 0.1) is 0 Å². The van der Waals surface area contributed by atoms with Crippen LogP contribution in [0.15, 0.2) is 17.5 Å². The van der Waals surface area contributed by atoms with Crippen molar-refractivity contribution in [2.45, 2.75) is 32.2 Å². The fourth-order valence-corrected chi connectivity index (χ4v) is 3.28. The normalized spacial score (nSPS) is 16.9. The standard InChI is InChI=1S/C16H21N3O4S2/c1-2-3-8-23-13(20)10-11-14(21)17-6-7-19(11)16(24)18-15(22)12-5-4-9-25-12/h4-5,9,11H,2-3,6-8,10H2,1H3,(H,17,21)(H,18,22,24)/t11-/m1/s1. The summed E-state index contributed by atoms with van der Waals surface area (Å²) in [6.07, 6.45) is 1.59. The quantitative estimate of drug-likeness (QED) is 0.437. The van der Waals surface area contributed by atoms with Crippen molar-refractivity contribution in [2.24, 2.45) is 0 Å².